The number of hydrogen-bond acceptors (Lipinski definition) is 6. The van der Waals surface area contributed by atoms with Gasteiger partial charge in [0.25, 0.3) is 11.6 Å². The zero-order chi connectivity index (χ0) is 22.0. The summed E-state index contributed by atoms with van der Waals surface area (Å²) in [6.07, 6.45) is 1.85. The Morgan fingerprint density at radius 2 is 1.71 bits per heavy atom. The first kappa shape index (κ1) is 20.8. The van der Waals surface area contributed by atoms with E-state index in [1.165, 1.54) is 6.07 Å². The third-order valence-electron chi connectivity index (χ3n) is 6.06. The second-order valence-electron chi connectivity index (χ2n) is 8.06. The van der Waals surface area contributed by atoms with Crippen molar-refractivity contribution in [3.63, 3.8) is 0 Å². The van der Waals surface area contributed by atoms with Gasteiger partial charge in [0.1, 0.15) is 5.69 Å². The Kier molecular flexibility index (Phi) is 5.88. The summed E-state index contributed by atoms with van der Waals surface area (Å²) in [5, 5.41) is 11.3. The third-order valence-corrected chi connectivity index (χ3v) is 6.06. The summed E-state index contributed by atoms with van der Waals surface area (Å²) in [5.74, 6) is -0.908. The molecule has 2 aliphatic rings. The van der Waals surface area contributed by atoms with Crippen molar-refractivity contribution >= 4 is 28.9 Å². The number of nitro benzene ring substituents is 1. The van der Waals surface area contributed by atoms with Crippen molar-refractivity contribution in [3.8, 4) is 0 Å². The summed E-state index contributed by atoms with van der Waals surface area (Å²) in [5.41, 5.74) is 2.64. The van der Waals surface area contributed by atoms with E-state index in [4.69, 9.17) is 4.74 Å². The fraction of sp³-hybridized carbons (Fsp3) is 0.391. The number of carbonyl (C=O) groups is 2. The van der Waals surface area contributed by atoms with Gasteiger partial charge < -0.3 is 14.5 Å². The van der Waals surface area contributed by atoms with Crippen molar-refractivity contribution in [2.24, 2.45) is 5.92 Å². The smallest absolute Gasteiger partial charge is 0.309 e. The number of carbonyl (C=O) groups excluding carboxylic acids is 2. The highest BCUT2D eigenvalue weighted by atomic mass is 16.6. The van der Waals surface area contributed by atoms with Gasteiger partial charge in [0, 0.05) is 30.9 Å². The molecule has 2 heterocycles. The number of esters is 1. The molecule has 1 fully saturated rings. The Morgan fingerprint density at radius 1 is 1.06 bits per heavy atom. The average molecular weight is 423 g/mol. The number of ether oxygens (including phenoxy) is 1. The zero-order valence-electron chi connectivity index (χ0n) is 17.4. The van der Waals surface area contributed by atoms with E-state index in [-0.39, 0.29) is 36.1 Å². The lowest BCUT2D eigenvalue weighted by atomic mass is 9.96. The van der Waals surface area contributed by atoms with E-state index in [1.54, 1.807) is 23.1 Å². The molecule has 2 aromatic rings. The summed E-state index contributed by atoms with van der Waals surface area (Å²) in [6.45, 7) is 2.75. The maximum atomic E-state index is 12.7. The molecule has 1 saturated heterocycles. The maximum absolute atomic E-state index is 12.7. The number of benzene rings is 2. The molecule has 1 amide bonds. The molecule has 0 spiro atoms. The molecule has 2 aromatic carbocycles. The number of nitro groups is 1. The van der Waals surface area contributed by atoms with Crippen molar-refractivity contribution in [2.45, 2.75) is 32.2 Å². The van der Waals surface area contributed by atoms with E-state index in [2.05, 4.69) is 0 Å². The summed E-state index contributed by atoms with van der Waals surface area (Å²) in [4.78, 5) is 39.8. The molecule has 0 unspecified atom stereocenters. The van der Waals surface area contributed by atoms with Crippen molar-refractivity contribution in [2.75, 3.05) is 29.5 Å². The van der Waals surface area contributed by atoms with Crippen molar-refractivity contribution in [1.29, 1.82) is 0 Å². The highest BCUT2D eigenvalue weighted by Gasteiger charge is 2.33. The molecule has 0 N–H and O–H groups in total. The van der Waals surface area contributed by atoms with Crippen LogP contribution in [0.3, 0.4) is 0 Å². The van der Waals surface area contributed by atoms with Crippen LogP contribution in [-0.2, 0) is 20.7 Å². The van der Waals surface area contributed by atoms with Gasteiger partial charge in [-0.1, -0.05) is 30.3 Å². The minimum Gasteiger partial charge on any atom is -0.455 e. The molecule has 0 saturated carbocycles. The van der Waals surface area contributed by atoms with Gasteiger partial charge in [-0.2, -0.15) is 0 Å². The van der Waals surface area contributed by atoms with Crippen LogP contribution >= 0.6 is 0 Å². The van der Waals surface area contributed by atoms with Gasteiger partial charge in [-0.3, -0.25) is 19.7 Å². The minimum atomic E-state index is -0.390. The van der Waals surface area contributed by atoms with Crippen LogP contribution < -0.4 is 9.80 Å². The van der Waals surface area contributed by atoms with Crippen LogP contribution in [0.2, 0.25) is 0 Å². The molecular formula is C23H25N3O5. The molecule has 2 aliphatic heterocycles. The van der Waals surface area contributed by atoms with Crippen LogP contribution in [0.5, 0.6) is 0 Å². The van der Waals surface area contributed by atoms with Crippen molar-refractivity contribution in [1.82, 2.24) is 0 Å². The quantitative estimate of drug-likeness (QED) is 0.416. The van der Waals surface area contributed by atoms with E-state index < -0.39 is 4.92 Å². The summed E-state index contributed by atoms with van der Waals surface area (Å²) in [6, 6.07) is 14.4. The minimum absolute atomic E-state index is 0.0357. The van der Waals surface area contributed by atoms with E-state index in [0.29, 0.717) is 31.6 Å². The maximum Gasteiger partial charge on any atom is 0.309 e. The molecule has 0 radical (unpaired) electrons. The molecule has 31 heavy (non-hydrogen) atoms. The van der Waals surface area contributed by atoms with Crippen molar-refractivity contribution in [3.05, 3.63) is 64.2 Å². The van der Waals surface area contributed by atoms with E-state index in [9.17, 15) is 19.7 Å². The molecule has 162 valence electrons. The van der Waals surface area contributed by atoms with Crippen LogP contribution in [0.15, 0.2) is 48.5 Å². The predicted octanol–water partition coefficient (Wildman–Crippen LogP) is 3.33. The van der Waals surface area contributed by atoms with Gasteiger partial charge >= 0.3 is 5.97 Å². The number of piperidine rings is 1. The largest absolute Gasteiger partial charge is 0.455 e. The Hall–Kier alpha value is -3.42. The fourth-order valence-electron chi connectivity index (χ4n) is 4.51. The van der Waals surface area contributed by atoms with Crippen LogP contribution in [0.25, 0.3) is 0 Å². The summed E-state index contributed by atoms with van der Waals surface area (Å²) >= 11 is 0. The number of rotatable bonds is 5. The summed E-state index contributed by atoms with van der Waals surface area (Å²) in [7, 11) is 0. The average Bonchev–Trinajstić information content (AvgIpc) is 3.13. The number of anilines is 2. The molecule has 1 atom stereocenters. The number of hydrogen-bond donors (Lipinski definition) is 0. The zero-order valence-corrected chi connectivity index (χ0v) is 17.4. The highest BCUT2D eigenvalue weighted by molar-refractivity contribution is 5.97. The first-order valence-corrected chi connectivity index (χ1v) is 10.5. The number of nitrogens with zero attached hydrogens (tertiary/aromatic N) is 3. The van der Waals surface area contributed by atoms with Crippen LogP contribution in [0.4, 0.5) is 17.1 Å². The lowest BCUT2D eigenvalue weighted by Gasteiger charge is -2.32. The Balaban J connectivity index is 1.31. The second-order valence-corrected chi connectivity index (χ2v) is 8.06. The lowest BCUT2D eigenvalue weighted by molar-refractivity contribution is -0.384. The highest BCUT2D eigenvalue weighted by Crippen LogP contribution is 2.33. The Labute approximate surface area is 180 Å². The van der Waals surface area contributed by atoms with Gasteiger partial charge in [-0.25, -0.2) is 0 Å². The monoisotopic (exact) mass is 423 g/mol. The molecule has 4 rings (SSSR count). The molecular weight excluding hydrogens is 398 g/mol. The summed E-state index contributed by atoms with van der Waals surface area (Å²) < 4.78 is 5.37. The standard InChI is InChI=1S/C23H25N3O5/c1-16-14-18-6-2-3-7-19(18)25(16)22(27)15-31-23(28)17-10-12-24(13-11-17)20-8-4-5-9-21(20)26(29)30/h2-9,16-17H,10-15H2,1H3/t16-/m1/s1. The topological polar surface area (TPSA) is 93.0 Å². The fourth-order valence-corrected chi connectivity index (χ4v) is 4.51. The Bertz CT molecular complexity index is 1000. The van der Waals surface area contributed by atoms with Crippen LogP contribution in [0, 0.1) is 16.0 Å². The third kappa shape index (κ3) is 4.23. The van der Waals surface area contributed by atoms with Gasteiger partial charge in [0.2, 0.25) is 0 Å². The molecule has 0 aliphatic carbocycles. The first-order valence-electron chi connectivity index (χ1n) is 10.5. The molecule has 0 bridgehead atoms. The number of amides is 1. The predicted molar refractivity (Wildman–Crippen MR) is 116 cm³/mol. The normalized spacial score (nSPS) is 18.5. The van der Waals surface area contributed by atoms with Gasteiger partial charge in [-0.05, 0) is 43.9 Å². The van der Waals surface area contributed by atoms with Crippen molar-refractivity contribution < 1.29 is 19.2 Å². The second kappa shape index (κ2) is 8.75. The Morgan fingerprint density at radius 3 is 2.42 bits per heavy atom. The van der Waals surface area contributed by atoms with Crippen LogP contribution in [0.1, 0.15) is 25.3 Å². The van der Waals surface area contributed by atoms with Gasteiger partial charge in [0.05, 0.1) is 10.8 Å². The number of para-hydroxylation sites is 3. The van der Waals surface area contributed by atoms with Gasteiger partial charge in [0.15, 0.2) is 6.61 Å². The van der Waals surface area contributed by atoms with E-state index >= 15 is 0 Å². The van der Waals surface area contributed by atoms with E-state index in [0.717, 1.165) is 17.7 Å². The molecule has 0 aromatic heterocycles. The van der Waals surface area contributed by atoms with Crippen LogP contribution in [-0.4, -0.2) is 42.5 Å². The first-order chi connectivity index (χ1) is 15.0. The number of fused-ring (bicyclic) bond motifs is 1. The molecule has 8 heteroatoms. The van der Waals surface area contributed by atoms with Gasteiger partial charge in [-0.15, -0.1) is 0 Å². The lowest BCUT2D eigenvalue weighted by Crippen LogP contribution is -2.40. The van der Waals surface area contributed by atoms with E-state index in [1.807, 2.05) is 36.1 Å². The molecule has 8 nitrogen and oxygen atoms in total. The SMILES string of the molecule is C[C@@H]1Cc2ccccc2N1C(=O)COC(=O)C1CCN(c2ccccc2[N+](=O)[O-])CC1.